The molecular formula is C22H23ClFN3O2. The van der Waals surface area contributed by atoms with Crippen LogP contribution in [0.15, 0.2) is 55.1 Å². The smallest absolute Gasteiger partial charge is 0.246 e. The molecule has 0 aliphatic carbocycles. The van der Waals surface area contributed by atoms with Crippen molar-refractivity contribution in [1.29, 1.82) is 0 Å². The number of rotatable bonds is 6. The maximum absolute atomic E-state index is 13.1. The molecule has 152 valence electrons. The molecule has 1 fully saturated rings. The molecular weight excluding hydrogens is 393 g/mol. The van der Waals surface area contributed by atoms with E-state index in [0.29, 0.717) is 25.2 Å². The van der Waals surface area contributed by atoms with E-state index in [0.717, 1.165) is 24.3 Å². The van der Waals surface area contributed by atoms with Gasteiger partial charge in [-0.05, 0) is 41.5 Å². The third-order valence-electron chi connectivity index (χ3n) is 4.92. The highest BCUT2D eigenvalue weighted by Crippen LogP contribution is 2.19. The Balaban J connectivity index is 1.48. The lowest BCUT2D eigenvalue weighted by atomic mass is 10.1. The number of nitrogens with one attached hydrogen (secondary N) is 1. The second-order valence-corrected chi connectivity index (χ2v) is 7.28. The molecule has 0 saturated carbocycles. The van der Waals surface area contributed by atoms with Crippen LogP contribution in [0.2, 0.25) is 5.02 Å². The van der Waals surface area contributed by atoms with E-state index in [-0.39, 0.29) is 23.3 Å². The Hall–Kier alpha value is -2.86. The van der Waals surface area contributed by atoms with Gasteiger partial charge >= 0.3 is 0 Å². The molecule has 0 unspecified atom stereocenters. The highest BCUT2D eigenvalue weighted by Gasteiger charge is 2.19. The lowest BCUT2D eigenvalue weighted by Gasteiger charge is -2.35. The largest absolute Gasteiger partial charge is 0.368 e. The van der Waals surface area contributed by atoms with Gasteiger partial charge in [-0.15, -0.1) is 0 Å². The van der Waals surface area contributed by atoms with Crippen molar-refractivity contribution in [2.75, 3.05) is 31.1 Å². The monoisotopic (exact) mass is 415 g/mol. The van der Waals surface area contributed by atoms with Gasteiger partial charge in [0.2, 0.25) is 11.8 Å². The van der Waals surface area contributed by atoms with Crippen molar-refractivity contribution in [2.45, 2.75) is 13.0 Å². The molecule has 2 aromatic carbocycles. The Morgan fingerprint density at radius 1 is 1.10 bits per heavy atom. The van der Waals surface area contributed by atoms with Gasteiger partial charge in [0, 0.05) is 43.4 Å². The van der Waals surface area contributed by atoms with Gasteiger partial charge in [-0.3, -0.25) is 9.59 Å². The molecule has 29 heavy (non-hydrogen) atoms. The van der Waals surface area contributed by atoms with E-state index in [9.17, 15) is 14.0 Å². The van der Waals surface area contributed by atoms with Crippen LogP contribution in [0.3, 0.4) is 0 Å². The van der Waals surface area contributed by atoms with Crippen LogP contribution in [0.25, 0.3) is 0 Å². The first kappa shape index (κ1) is 20.9. The molecule has 0 atom stereocenters. The van der Waals surface area contributed by atoms with Crippen molar-refractivity contribution in [2.24, 2.45) is 0 Å². The van der Waals surface area contributed by atoms with Gasteiger partial charge in [-0.1, -0.05) is 36.4 Å². The quantitative estimate of drug-likeness (QED) is 0.737. The van der Waals surface area contributed by atoms with Crippen molar-refractivity contribution >= 4 is 29.1 Å². The molecule has 5 nitrogen and oxygen atoms in total. The first-order valence-electron chi connectivity index (χ1n) is 9.42. The predicted molar refractivity (Wildman–Crippen MR) is 112 cm³/mol. The summed E-state index contributed by atoms with van der Waals surface area (Å²) in [6, 6.07) is 12.0. The normalized spacial score (nSPS) is 13.9. The van der Waals surface area contributed by atoms with Gasteiger partial charge in [0.15, 0.2) is 0 Å². The van der Waals surface area contributed by atoms with Crippen molar-refractivity contribution in [1.82, 2.24) is 10.2 Å². The summed E-state index contributed by atoms with van der Waals surface area (Å²) >= 11 is 5.97. The minimum absolute atomic E-state index is 0.0299. The summed E-state index contributed by atoms with van der Waals surface area (Å²) in [6.45, 7) is 6.82. The van der Waals surface area contributed by atoms with E-state index in [4.69, 9.17) is 11.6 Å². The number of amides is 2. The number of carbonyl (C=O) groups excluding carboxylic acids is 2. The molecule has 7 heteroatoms. The fraction of sp³-hybridized carbons (Fsp3) is 0.273. The molecule has 0 radical (unpaired) electrons. The Morgan fingerprint density at radius 2 is 1.79 bits per heavy atom. The third-order valence-corrected chi connectivity index (χ3v) is 5.28. The number of carbonyl (C=O) groups is 2. The zero-order valence-corrected chi connectivity index (χ0v) is 16.8. The van der Waals surface area contributed by atoms with E-state index in [1.165, 1.54) is 24.3 Å². The average Bonchev–Trinajstić information content (AvgIpc) is 2.74. The lowest BCUT2D eigenvalue weighted by molar-refractivity contribution is -0.126. The molecule has 1 aliphatic rings. The zero-order chi connectivity index (χ0) is 20.8. The minimum Gasteiger partial charge on any atom is -0.368 e. The molecule has 0 bridgehead atoms. The Bertz CT molecular complexity index is 893. The molecule has 1 N–H and O–H groups in total. The van der Waals surface area contributed by atoms with E-state index < -0.39 is 5.82 Å². The molecule has 1 saturated heterocycles. The predicted octanol–water partition coefficient (Wildman–Crippen LogP) is 3.17. The van der Waals surface area contributed by atoms with Crippen LogP contribution >= 0.6 is 11.6 Å². The minimum atomic E-state index is -0.423. The van der Waals surface area contributed by atoms with E-state index >= 15 is 0 Å². The van der Waals surface area contributed by atoms with Gasteiger partial charge in [0.25, 0.3) is 0 Å². The fourth-order valence-electron chi connectivity index (χ4n) is 3.24. The molecule has 2 aromatic rings. The van der Waals surface area contributed by atoms with Crippen LogP contribution in [0.1, 0.15) is 11.1 Å². The van der Waals surface area contributed by atoms with Crippen LogP contribution in [-0.2, 0) is 22.6 Å². The summed E-state index contributed by atoms with van der Waals surface area (Å²) in [5.74, 6) is -0.628. The molecule has 0 aromatic heterocycles. The van der Waals surface area contributed by atoms with Crippen molar-refractivity contribution in [3.8, 4) is 0 Å². The Labute approximate surface area is 174 Å². The average molecular weight is 416 g/mol. The van der Waals surface area contributed by atoms with Crippen LogP contribution in [0.4, 0.5) is 10.1 Å². The van der Waals surface area contributed by atoms with E-state index in [1.807, 2.05) is 24.3 Å². The Morgan fingerprint density at radius 3 is 2.41 bits per heavy atom. The summed E-state index contributed by atoms with van der Waals surface area (Å²) in [5, 5.41) is 3.10. The molecule has 1 aliphatic heterocycles. The molecule has 1 heterocycles. The van der Waals surface area contributed by atoms with Gasteiger partial charge in [-0.25, -0.2) is 4.39 Å². The van der Waals surface area contributed by atoms with E-state index in [1.54, 1.807) is 4.90 Å². The number of anilines is 1. The first-order chi connectivity index (χ1) is 14.0. The highest BCUT2D eigenvalue weighted by atomic mass is 35.5. The van der Waals surface area contributed by atoms with Gasteiger partial charge < -0.3 is 15.1 Å². The number of hydrogen-bond acceptors (Lipinski definition) is 3. The molecule has 3 rings (SSSR count). The summed E-state index contributed by atoms with van der Waals surface area (Å²) < 4.78 is 13.1. The van der Waals surface area contributed by atoms with Crippen LogP contribution < -0.4 is 10.2 Å². The summed E-state index contributed by atoms with van der Waals surface area (Å²) in [7, 11) is 0. The van der Waals surface area contributed by atoms with Crippen molar-refractivity contribution in [3.05, 3.63) is 77.1 Å². The number of benzene rings is 2. The second-order valence-electron chi connectivity index (χ2n) is 6.87. The molecule has 0 spiro atoms. The maximum atomic E-state index is 13.1. The topological polar surface area (TPSA) is 52.7 Å². The SMILES string of the molecule is C=CC(=O)N1CCN(c2ccc(CNC(=O)Cc3ccc(F)cc3Cl)cc2)CC1. The highest BCUT2D eigenvalue weighted by molar-refractivity contribution is 6.31. The Kier molecular flexibility index (Phi) is 6.88. The summed E-state index contributed by atoms with van der Waals surface area (Å²) in [4.78, 5) is 27.8. The first-order valence-corrected chi connectivity index (χ1v) is 9.80. The van der Waals surface area contributed by atoms with Crippen LogP contribution in [0, 0.1) is 5.82 Å². The summed E-state index contributed by atoms with van der Waals surface area (Å²) in [5.41, 5.74) is 2.66. The van der Waals surface area contributed by atoms with Crippen molar-refractivity contribution < 1.29 is 14.0 Å². The van der Waals surface area contributed by atoms with E-state index in [2.05, 4.69) is 16.8 Å². The zero-order valence-electron chi connectivity index (χ0n) is 16.0. The maximum Gasteiger partial charge on any atom is 0.246 e. The number of halogens is 2. The van der Waals surface area contributed by atoms with Crippen molar-refractivity contribution in [3.63, 3.8) is 0 Å². The number of piperazine rings is 1. The third kappa shape index (κ3) is 5.57. The van der Waals surface area contributed by atoms with Gasteiger partial charge in [0.05, 0.1) is 6.42 Å². The van der Waals surface area contributed by atoms with Crippen LogP contribution in [-0.4, -0.2) is 42.9 Å². The van der Waals surface area contributed by atoms with Gasteiger partial charge in [-0.2, -0.15) is 0 Å². The molecule has 2 amide bonds. The summed E-state index contributed by atoms with van der Waals surface area (Å²) in [6.07, 6.45) is 1.45. The fourth-order valence-corrected chi connectivity index (χ4v) is 3.47. The second kappa shape index (κ2) is 9.56. The van der Waals surface area contributed by atoms with Crippen LogP contribution in [0.5, 0.6) is 0 Å². The number of hydrogen-bond donors (Lipinski definition) is 1. The van der Waals surface area contributed by atoms with Gasteiger partial charge in [0.1, 0.15) is 5.82 Å². The number of nitrogens with zero attached hydrogens (tertiary/aromatic N) is 2. The lowest BCUT2D eigenvalue weighted by Crippen LogP contribution is -2.48. The standard InChI is InChI=1S/C22H23ClFN3O2/c1-2-22(29)27-11-9-26(10-12-27)19-7-3-16(4-8-19)15-25-21(28)13-17-5-6-18(24)14-20(17)23/h2-8,14H,1,9-13,15H2,(H,25,28).